The van der Waals surface area contributed by atoms with Crippen molar-refractivity contribution in [2.45, 2.75) is 0 Å². The summed E-state index contributed by atoms with van der Waals surface area (Å²) < 4.78 is 10.8. The molecular formula is C16H13NO6. The van der Waals surface area contributed by atoms with Crippen LogP contribution < -0.4 is 14.8 Å². The van der Waals surface area contributed by atoms with Gasteiger partial charge in [0.05, 0.1) is 0 Å². The fourth-order valence-corrected chi connectivity index (χ4v) is 2.18. The number of phenols is 1. The summed E-state index contributed by atoms with van der Waals surface area (Å²) in [6.45, 7) is 0.885. The number of ether oxygens (including phenoxy) is 2. The molecule has 0 spiro atoms. The molecule has 0 atom stereocenters. The van der Waals surface area contributed by atoms with E-state index in [-0.39, 0.29) is 11.3 Å². The van der Waals surface area contributed by atoms with E-state index in [9.17, 15) is 14.7 Å². The fourth-order valence-electron chi connectivity index (χ4n) is 2.18. The Labute approximate surface area is 131 Å². The van der Waals surface area contributed by atoms with Gasteiger partial charge in [0.25, 0.3) is 5.91 Å². The number of carbonyl (C=O) groups excluding carboxylic acids is 1. The van der Waals surface area contributed by atoms with Gasteiger partial charge in [0.2, 0.25) is 0 Å². The van der Waals surface area contributed by atoms with Crippen molar-refractivity contribution < 1.29 is 29.3 Å². The van der Waals surface area contributed by atoms with E-state index < -0.39 is 17.6 Å². The third-order valence-corrected chi connectivity index (χ3v) is 3.29. The SMILES string of the molecule is O=C(Nc1ccc(C(=O)O)c(O)c1)c1ccc2c(c1)OCCO2. The fraction of sp³-hybridized carbons (Fsp3) is 0.125. The Bertz CT molecular complexity index is 786. The van der Waals surface area contributed by atoms with Crippen molar-refractivity contribution in [3.05, 3.63) is 47.5 Å². The highest BCUT2D eigenvalue weighted by Crippen LogP contribution is 2.31. The van der Waals surface area contributed by atoms with E-state index in [4.69, 9.17) is 14.6 Å². The topological polar surface area (TPSA) is 105 Å². The lowest BCUT2D eigenvalue weighted by Crippen LogP contribution is -2.17. The molecule has 1 heterocycles. The number of nitrogens with one attached hydrogen (secondary N) is 1. The first kappa shape index (κ1) is 14.7. The van der Waals surface area contributed by atoms with Crippen LogP contribution in [0, 0.1) is 0 Å². The Hall–Kier alpha value is -3.22. The van der Waals surface area contributed by atoms with Gasteiger partial charge in [-0.25, -0.2) is 4.79 Å². The molecule has 3 rings (SSSR count). The van der Waals surface area contributed by atoms with Gasteiger partial charge >= 0.3 is 5.97 Å². The first-order valence-electron chi connectivity index (χ1n) is 6.82. The maximum atomic E-state index is 12.2. The van der Waals surface area contributed by atoms with Crippen LogP contribution in [0.4, 0.5) is 5.69 Å². The van der Waals surface area contributed by atoms with Crippen LogP contribution in [0.15, 0.2) is 36.4 Å². The predicted octanol–water partition coefficient (Wildman–Crippen LogP) is 2.11. The first-order valence-corrected chi connectivity index (χ1v) is 6.82. The first-order chi connectivity index (χ1) is 11.0. The van der Waals surface area contributed by atoms with Gasteiger partial charge in [0.15, 0.2) is 11.5 Å². The molecule has 0 unspecified atom stereocenters. The van der Waals surface area contributed by atoms with Crippen LogP contribution in [-0.2, 0) is 0 Å². The third kappa shape index (κ3) is 3.03. The number of hydrogen-bond acceptors (Lipinski definition) is 5. The van der Waals surface area contributed by atoms with Gasteiger partial charge in [-0.05, 0) is 30.3 Å². The molecule has 2 aromatic carbocycles. The lowest BCUT2D eigenvalue weighted by atomic mass is 10.1. The molecule has 23 heavy (non-hydrogen) atoms. The molecule has 7 heteroatoms. The molecular weight excluding hydrogens is 302 g/mol. The van der Waals surface area contributed by atoms with Gasteiger partial charge < -0.3 is 25.0 Å². The van der Waals surface area contributed by atoms with Gasteiger partial charge in [0.1, 0.15) is 24.5 Å². The second kappa shape index (κ2) is 5.88. The summed E-state index contributed by atoms with van der Waals surface area (Å²) in [5.41, 5.74) is 0.408. The second-order valence-corrected chi connectivity index (χ2v) is 4.85. The summed E-state index contributed by atoms with van der Waals surface area (Å²) in [5.74, 6) is -1.00. The molecule has 0 aliphatic carbocycles. The molecule has 2 aromatic rings. The molecule has 7 nitrogen and oxygen atoms in total. The van der Waals surface area contributed by atoms with E-state index in [2.05, 4.69) is 5.32 Å². The molecule has 1 aliphatic rings. The normalized spacial score (nSPS) is 12.5. The number of benzene rings is 2. The quantitative estimate of drug-likeness (QED) is 0.801. The Morgan fingerprint density at radius 1 is 1.00 bits per heavy atom. The minimum Gasteiger partial charge on any atom is -0.507 e. The molecule has 0 aromatic heterocycles. The van der Waals surface area contributed by atoms with Crippen LogP contribution in [0.2, 0.25) is 0 Å². The molecule has 3 N–H and O–H groups in total. The molecule has 1 amide bonds. The number of amides is 1. The van der Waals surface area contributed by atoms with Gasteiger partial charge in [0, 0.05) is 17.3 Å². The average molecular weight is 315 g/mol. The van der Waals surface area contributed by atoms with Gasteiger partial charge in [-0.1, -0.05) is 0 Å². The number of hydrogen-bond donors (Lipinski definition) is 3. The van der Waals surface area contributed by atoms with Crippen molar-refractivity contribution in [3.8, 4) is 17.2 Å². The molecule has 0 bridgehead atoms. The second-order valence-electron chi connectivity index (χ2n) is 4.85. The summed E-state index contributed by atoms with van der Waals surface area (Å²) >= 11 is 0. The van der Waals surface area contributed by atoms with Gasteiger partial charge in [-0.3, -0.25) is 4.79 Å². The van der Waals surface area contributed by atoms with E-state index in [1.165, 1.54) is 18.2 Å². The number of aromatic hydroxyl groups is 1. The minimum absolute atomic E-state index is 0.234. The van der Waals surface area contributed by atoms with Crippen molar-refractivity contribution in [3.63, 3.8) is 0 Å². The van der Waals surface area contributed by atoms with Crippen molar-refractivity contribution in [2.75, 3.05) is 18.5 Å². The number of fused-ring (bicyclic) bond motifs is 1. The maximum Gasteiger partial charge on any atom is 0.339 e. The Balaban J connectivity index is 1.79. The predicted molar refractivity (Wildman–Crippen MR) is 80.5 cm³/mol. The summed E-state index contributed by atoms with van der Waals surface area (Å²) in [4.78, 5) is 23.1. The van der Waals surface area contributed by atoms with E-state index in [1.807, 2.05) is 0 Å². The van der Waals surface area contributed by atoms with Crippen LogP contribution in [0.5, 0.6) is 17.2 Å². The highest BCUT2D eigenvalue weighted by atomic mass is 16.6. The van der Waals surface area contributed by atoms with E-state index in [0.29, 0.717) is 30.3 Å². The number of rotatable bonds is 3. The molecule has 0 saturated carbocycles. The number of anilines is 1. The average Bonchev–Trinajstić information content (AvgIpc) is 2.54. The van der Waals surface area contributed by atoms with Crippen molar-refractivity contribution >= 4 is 17.6 Å². The largest absolute Gasteiger partial charge is 0.507 e. The van der Waals surface area contributed by atoms with Crippen LogP contribution >= 0.6 is 0 Å². The number of carbonyl (C=O) groups is 2. The van der Waals surface area contributed by atoms with Crippen molar-refractivity contribution in [1.29, 1.82) is 0 Å². The highest BCUT2D eigenvalue weighted by molar-refractivity contribution is 6.05. The summed E-state index contributed by atoms with van der Waals surface area (Å²) in [6, 6.07) is 8.60. The Kier molecular flexibility index (Phi) is 3.76. The highest BCUT2D eigenvalue weighted by Gasteiger charge is 2.16. The van der Waals surface area contributed by atoms with Crippen LogP contribution in [0.25, 0.3) is 0 Å². The number of aromatic carboxylic acids is 1. The molecule has 0 radical (unpaired) electrons. The van der Waals surface area contributed by atoms with Crippen LogP contribution in [0.3, 0.4) is 0 Å². The van der Waals surface area contributed by atoms with Gasteiger partial charge in [-0.2, -0.15) is 0 Å². The monoisotopic (exact) mass is 315 g/mol. The zero-order chi connectivity index (χ0) is 16.4. The summed E-state index contributed by atoms with van der Waals surface area (Å²) in [7, 11) is 0. The lowest BCUT2D eigenvalue weighted by molar-refractivity contribution is 0.0693. The van der Waals surface area contributed by atoms with Crippen molar-refractivity contribution in [2.24, 2.45) is 0 Å². The number of carboxylic acids is 1. The van der Waals surface area contributed by atoms with E-state index in [0.717, 1.165) is 0 Å². The van der Waals surface area contributed by atoms with Crippen LogP contribution in [0.1, 0.15) is 20.7 Å². The molecule has 0 saturated heterocycles. The molecule has 0 fully saturated rings. The van der Waals surface area contributed by atoms with E-state index >= 15 is 0 Å². The zero-order valence-electron chi connectivity index (χ0n) is 11.9. The van der Waals surface area contributed by atoms with Gasteiger partial charge in [-0.15, -0.1) is 0 Å². The summed E-state index contributed by atoms with van der Waals surface area (Å²) in [5, 5.41) is 21.1. The molecule has 1 aliphatic heterocycles. The zero-order valence-corrected chi connectivity index (χ0v) is 11.9. The lowest BCUT2D eigenvalue weighted by Gasteiger charge is -2.18. The number of carboxylic acid groups (broad SMARTS) is 1. The van der Waals surface area contributed by atoms with Crippen LogP contribution in [-0.4, -0.2) is 35.3 Å². The molecule has 118 valence electrons. The maximum absolute atomic E-state index is 12.2. The van der Waals surface area contributed by atoms with Crippen molar-refractivity contribution in [1.82, 2.24) is 0 Å². The summed E-state index contributed by atoms with van der Waals surface area (Å²) in [6.07, 6.45) is 0. The standard InChI is InChI=1S/C16H13NO6/c18-12-8-10(2-3-11(12)16(20)21)17-15(19)9-1-4-13-14(7-9)23-6-5-22-13/h1-4,7-8,18H,5-6H2,(H,17,19)(H,20,21). The Morgan fingerprint density at radius 3 is 2.43 bits per heavy atom. The minimum atomic E-state index is -1.24. The smallest absolute Gasteiger partial charge is 0.339 e. The van der Waals surface area contributed by atoms with E-state index in [1.54, 1.807) is 18.2 Å². The Morgan fingerprint density at radius 2 is 1.74 bits per heavy atom. The third-order valence-electron chi connectivity index (χ3n) is 3.29.